The van der Waals surface area contributed by atoms with E-state index in [1.54, 1.807) is 16.2 Å². The predicted octanol–water partition coefficient (Wildman–Crippen LogP) is 1.92. The summed E-state index contributed by atoms with van der Waals surface area (Å²) < 4.78 is 8.56. The van der Waals surface area contributed by atoms with Crippen LogP contribution in [0.4, 0.5) is 0 Å². The molecule has 0 saturated heterocycles. The molecule has 0 unspecified atom stereocenters. The van der Waals surface area contributed by atoms with Gasteiger partial charge in [-0.2, -0.15) is 0 Å². The van der Waals surface area contributed by atoms with Gasteiger partial charge in [-0.3, -0.25) is 9.13 Å². The molecule has 0 aliphatic rings. The Morgan fingerprint density at radius 3 is 2.33 bits per heavy atom. The Kier molecular flexibility index (Phi) is 3.87. The maximum absolute atomic E-state index is 11.8. The second-order valence-corrected chi connectivity index (χ2v) is 4.16. The lowest BCUT2D eigenvalue weighted by Crippen LogP contribution is -2.24. The molecular formula is C14H18N2O2. The van der Waals surface area contributed by atoms with E-state index in [1.165, 1.54) is 5.56 Å². The maximum atomic E-state index is 11.8. The summed E-state index contributed by atoms with van der Waals surface area (Å²) in [5.41, 5.74) is 1.26. The summed E-state index contributed by atoms with van der Waals surface area (Å²) in [5.74, 6) is 0.855. The molecule has 0 aliphatic heterocycles. The Bertz CT molecular complexity index is 552. The van der Waals surface area contributed by atoms with Crippen molar-refractivity contribution in [2.24, 2.45) is 0 Å². The van der Waals surface area contributed by atoms with Crippen molar-refractivity contribution in [1.29, 1.82) is 0 Å². The molecule has 1 aromatic carbocycles. The fourth-order valence-corrected chi connectivity index (χ4v) is 1.91. The summed E-state index contributed by atoms with van der Waals surface area (Å²) in [7, 11) is 1.65. The van der Waals surface area contributed by atoms with Crippen LogP contribution in [0.1, 0.15) is 12.5 Å². The van der Waals surface area contributed by atoms with Gasteiger partial charge in [0.15, 0.2) is 0 Å². The third-order valence-corrected chi connectivity index (χ3v) is 3.06. The number of hydrogen-bond acceptors (Lipinski definition) is 2. The van der Waals surface area contributed by atoms with Crippen LogP contribution < -0.4 is 10.4 Å². The minimum Gasteiger partial charge on any atom is -0.497 e. The normalized spacial score (nSPS) is 10.6. The van der Waals surface area contributed by atoms with Crippen molar-refractivity contribution in [1.82, 2.24) is 9.13 Å². The Morgan fingerprint density at radius 2 is 1.78 bits per heavy atom. The molecule has 0 radical (unpaired) electrons. The summed E-state index contributed by atoms with van der Waals surface area (Å²) in [6.45, 7) is 3.39. The molecule has 0 fully saturated rings. The van der Waals surface area contributed by atoms with Crippen molar-refractivity contribution in [2.75, 3.05) is 7.11 Å². The average molecular weight is 246 g/mol. The monoisotopic (exact) mass is 246 g/mol. The average Bonchev–Trinajstić information content (AvgIpc) is 2.77. The van der Waals surface area contributed by atoms with Gasteiger partial charge in [0.05, 0.1) is 7.11 Å². The maximum Gasteiger partial charge on any atom is 0.328 e. The van der Waals surface area contributed by atoms with Crippen LogP contribution in [0.2, 0.25) is 0 Å². The number of hydrogen-bond donors (Lipinski definition) is 0. The van der Waals surface area contributed by atoms with Crippen molar-refractivity contribution in [3.63, 3.8) is 0 Å². The molecular weight excluding hydrogens is 228 g/mol. The molecule has 4 heteroatoms. The highest BCUT2D eigenvalue weighted by Gasteiger charge is 2.01. The Balaban J connectivity index is 2.02. The molecule has 18 heavy (non-hydrogen) atoms. The predicted molar refractivity (Wildman–Crippen MR) is 71.1 cm³/mol. The zero-order chi connectivity index (χ0) is 13.0. The topological polar surface area (TPSA) is 36.2 Å². The van der Waals surface area contributed by atoms with Crippen LogP contribution in [0.15, 0.2) is 41.5 Å². The van der Waals surface area contributed by atoms with Gasteiger partial charge >= 0.3 is 5.69 Å². The Labute approximate surface area is 106 Å². The fourth-order valence-electron chi connectivity index (χ4n) is 1.91. The van der Waals surface area contributed by atoms with E-state index >= 15 is 0 Å². The third kappa shape index (κ3) is 2.64. The first kappa shape index (κ1) is 12.5. The molecule has 0 N–H and O–H groups in total. The Morgan fingerprint density at radius 1 is 1.11 bits per heavy atom. The van der Waals surface area contributed by atoms with Crippen LogP contribution in [-0.4, -0.2) is 16.2 Å². The highest BCUT2D eigenvalue weighted by molar-refractivity contribution is 5.27. The van der Waals surface area contributed by atoms with Gasteiger partial charge in [-0.05, 0) is 31.0 Å². The summed E-state index contributed by atoms with van der Waals surface area (Å²) in [6, 6.07) is 7.94. The second-order valence-electron chi connectivity index (χ2n) is 4.16. The van der Waals surface area contributed by atoms with Crippen LogP contribution in [0.25, 0.3) is 0 Å². The minimum atomic E-state index is 0.0611. The van der Waals surface area contributed by atoms with Gasteiger partial charge < -0.3 is 4.74 Å². The van der Waals surface area contributed by atoms with E-state index in [-0.39, 0.29) is 5.69 Å². The van der Waals surface area contributed by atoms with E-state index < -0.39 is 0 Å². The zero-order valence-electron chi connectivity index (χ0n) is 10.8. The summed E-state index contributed by atoms with van der Waals surface area (Å²) in [6.07, 6.45) is 4.52. The third-order valence-electron chi connectivity index (χ3n) is 3.06. The van der Waals surface area contributed by atoms with Gasteiger partial charge in [0.2, 0.25) is 0 Å². The second kappa shape index (κ2) is 5.58. The molecule has 4 nitrogen and oxygen atoms in total. The summed E-state index contributed by atoms with van der Waals surface area (Å²) in [4.78, 5) is 11.8. The molecule has 0 atom stereocenters. The molecule has 2 aromatic rings. The largest absolute Gasteiger partial charge is 0.497 e. The number of nitrogens with zero attached hydrogens (tertiary/aromatic N) is 2. The van der Waals surface area contributed by atoms with Crippen molar-refractivity contribution < 1.29 is 4.74 Å². The van der Waals surface area contributed by atoms with Gasteiger partial charge in [0, 0.05) is 25.5 Å². The molecule has 0 spiro atoms. The van der Waals surface area contributed by atoms with Gasteiger partial charge in [-0.1, -0.05) is 12.1 Å². The fraction of sp³-hybridized carbons (Fsp3) is 0.357. The lowest BCUT2D eigenvalue weighted by atomic mass is 10.1. The first-order valence-corrected chi connectivity index (χ1v) is 6.13. The SMILES string of the molecule is CCn1ccn(CCc2ccc(OC)cc2)c1=O. The van der Waals surface area contributed by atoms with Crippen molar-refractivity contribution in [3.8, 4) is 5.75 Å². The van der Waals surface area contributed by atoms with Gasteiger partial charge in [-0.25, -0.2) is 4.79 Å². The zero-order valence-corrected chi connectivity index (χ0v) is 10.8. The molecule has 1 aromatic heterocycles. The first-order valence-electron chi connectivity index (χ1n) is 6.13. The number of benzene rings is 1. The van der Waals surface area contributed by atoms with Crippen LogP contribution in [-0.2, 0) is 19.5 Å². The first-order chi connectivity index (χ1) is 8.74. The number of ether oxygens (including phenoxy) is 1. The molecule has 0 aliphatic carbocycles. The summed E-state index contributed by atoms with van der Waals surface area (Å²) >= 11 is 0. The smallest absolute Gasteiger partial charge is 0.328 e. The number of aryl methyl sites for hydroxylation is 3. The number of imidazole rings is 1. The van der Waals surface area contributed by atoms with Gasteiger partial charge in [-0.15, -0.1) is 0 Å². The highest BCUT2D eigenvalue weighted by atomic mass is 16.5. The molecule has 0 bridgehead atoms. The van der Waals surface area contributed by atoms with Gasteiger partial charge in [0.25, 0.3) is 0 Å². The van der Waals surface area contributed by atoms with Crippen molar-refractivity contribution in [3.05, 3.63) is 52.7 Å². The Hall–Kier alpha value is -1.97. The summed E-state index contributed by atoms with van der Waals surface area (Å²) in [5, 5.41) is 0. The van der Waals surface area contributed by atoms with Crippen LogP contribution in [0.5, 0.6) is 5.75 Å². The minimum absolute atomic E-state index is 0.0611. The van der Waals surface area contributed by atoms with E-state index in [0.29, 0.717) is 13.1 Å². The van der Waals surface area contributed by atoms with Gasteiger partial charge in [0.1, 0.15) is 5.75 Å². The quantitative estimate of drug-likeness (QED) is 0.808. The lowest BCUT2D eigenvalue weighted by molar-refractivity contribution is 0.414. The van der Waals surface area contributed by atoms with Crippen LogP contribution in [0, 0.1) is 0 Å². The standard InChI is InChI=1S/C14H18N2O2/c1-3-15-10-11-16(14(15)17)9-8-12-4-6-13(18-2)7-5-12/h4-7,10-11H,3,8-9H2,1-2H3. The van der Waals surface area contributed by atoms with Crippen LogP contribution >= 0.6 is 0 Å². The van der Waals surface area contributed by atoms with E-state index in [4.69, 9.17) is 4.74 Å². The van der Waals surface area contributed by atoms with E-state index in [0.717, 1.165) is 12.2 Å². The molecule has 1 heterocycles. The van der Waals surface area contributed by atoms with Crippen LogP contribution in [0.3, 0.4) is 0 Å². The van der Waals surface area contributed by atoms with E-state index in [1.807, 2.05) is 43.6 Å². The van der Waals surface area contributed by atoms with Crippen molar-refractivity contribution in [2.45, 2.75) is 26.4 Å². The van der Waals surface area contributed by atoms with Crippen molar-refractivity contribution >= 4 is 0 Å². The number of methoxy groups -OCH3 is 1. The van der Waals surface area contributed by atoms with E-state index in [9.17, 15) is 4.79 Å². The molecule has 0 saturated carbocycles. The highest BCUT2D eigenvalue weighted by Crippen LogP contribution is 2.11. The molecule has 96 valence electrons. The number of aromatic nitrogens is 2. The number of rotatable bonds is 5. The lowest BCUT2D eigenvalue weighted by Gasteiger charge is -2.04. The van der Waals surface area contributed by atoms with E-state index in [2.05, 4.69) is 0 Å². The molecule has 2 rings (SSSR count). The molecule has 0 amide bonds.